The summed E-state index contributed by atoms with van der Waals surface area (Å²) in [4.78, 5) is 2.16. The minimum Gasteiger partial charge on any atom is -0.741 e. The fourth-order valence-corrected chi connectivity index (χ4v) is 1.80. The zero-order valence-electron chi connectivity index (χ0n) is 16.3. The van der Waals surface area contributed by atoms with E-state index in [1.807, 2.05) is 18.2 Å². The number of hydrogen-bond acceptors (Lipinski definition) is 7. The molecule has 17 heteroatoms. The molecule has 0 fully saturated rings. The molecule has 9 nitrogen and oxygen atoms in total. The predicted molar refractivity (Wildman–Crippen MR) is 93.3 cm³/mol. The van der Waals surface area contributed by atoms with E-state index in [9.17, 15) is 26.3 Å². The maximum atomic E-state index is 10.7. The highest BCUT2D eigenvalue weighted by atomic mass is 32.2. The van der Waals surface area contributed by atoms with Gasteiger partial charge in [0.25, 0.3) is 0 Å². The van der Waals surface area contributed by atoms with Gasteiger partial charge in [-0.2, -0.15) is 30.9 Å². The number of aromatic nitrogens is 1. The number of halogens is 6. The molecule has 0 aliphatic heterocycles. The van der Waals surface area contributed by atoms with Crippen molar-refractivity contribution in [2.24, 2.45) is 0 Å². The van der Waals surface area contributed by atoms with Gasteiger partial charge in [-0.1, -0.05) is 6.07 Å². The molecule has 0 N–H and O–H groups in total. The highest BCUT2D eigenvalue weighted by molar-refractivity contribution is 7.86. The second kappa shape index (κ2) is 9.92. The molecule has 0 aliphatic rings. The Bertz CT molecular complexity index is 1050. The molecule has 31 heavy (non-hydrogen) atoms. The molecule has 0 unspecified atom stereocenters. The summed E-state index contributed by atoms with van der Waals surface area (Å²) in [7, 11) is -3.87. The van der Waals surface area contributed by atoms with Crippen LogP contribution in [-0.4, -0.2) is 65.1 Å². The van der Waals surface area contributed by atoms with Crippen molar-refractivity contribution in [3.05, 3.63) is 36.0 Å². The van der Waals surface area contributed by atoms with Gasteiger partial charge in [-0.15, -0.1) is 0 Å². The van der Waals surface area contributed by atoms with Gasteiger partial charge in [0, 0.05) is 26.2 Å². The Morgan fingerprint density at radius 1 is 0.839 bits per heavy atom. The van der Waals surface area contributed by atoms with Crippen LogP contribution < -0.4 is 19.4 Å². The third kappa shape index (κ3) is 8.80. The van der Waals surface area contributed by atoms with Crippen molar-refractivity contribution in [2.45, 2.75) is 11.0 Å². The van der Waals surface area contributed by atoms with Crippen LogP contribution in [0.5, 0.6) is 0 Å². The number of alkyl halides is 6. The lowest BCUT2D eigenvalue weighted by molar-refractivity contribution is -0.592. The van der Waals surface area contributed by atoms with Crippen LogP contribution in [0.1, 0.15) is 0 Å². The first-order valence-corrected chi connectivity index (χ1v) is 10.4. The smallest absolute Gasteiger partial charge is 0.485 e. The van der Waals surface area contributed by atoms with Crippen LogP contribution in [-0.2, 0) is 20.2 Å². The molecule has 2 aromatic rings. The van der Waals surface area contributed by atoms with Gasteiger partial charge >= 0.3 is 22.1 Å². The van der Waals surface area contributed by atoms with Crippen molar-refractivity contribution in [3.63, 3.8) is 0 Å². The van der Waals surface area contributed by atoms with Crippen LogP contribution >= 0.6 is 0 Å². The van der Waals surface area contributed by atoms with Crippen molar-refractivity contribution < 1.29 is 56.9 Å². The number of anilines is 1. The van der Waals surface area contributed by atoms with Gasteiger partial charge in [0.05, 0.1) is 0 Å². The van der Waals surface area contributed by atoms with Gasteiger partial charge in [0.15, 0.2) is 38.3 Å². The number of rotatable bonds is 2. The fraction of sp³-hybridized carbons (Fsp3) is 0.429. The first kappa shape index (κ1) is 28.8. The summed E-state index contributed by atoms with van der Waals surface area (Å²) in [5.41, 5.74) is -8.68. The first-order chi connectivity index (χ1) is 13.6. The predicted octanol–water partition coefficient (Wildman–Crippen LogP) is 0.0395. The second-order valence-corrected chi connectivity index (χ2v) is 8.66. The van der Waals surface area contributed by atoms with Crippen LogP contribution in [0.25, 0.3) is 5.69 Å². The van der Waals surface area contributed by atoms with E-state index in [1.54, 1.807) is 0 Å². The summed E-state index contributed by atoms with van der Waals surface area (Å²) in [6.45, 7) is 0. The molecule has 0 bridgehead atoms. The van der Waals surface area contributed by atoms with Crippen LogP contribution in [0.4, 0.5) is 32.0 Å². The van der Waals surface area contributed by atoms with E-state index in [0.717, 1.165) is 0 Å². The van der Waals surface area contributed by atoms with E-state index in [1.165, 1.54) is 16.7 Å². The number of nitrogens with zero attached hydrogens (tertiary/aromatic N) is 3. The third-order valence-corrected chi connectivity index (χ3v) is 4.18. The van der Waals surface area contributed by atoms with Crippen LogP contribution in [0.3, 0.4) is 0 Å². The summed E-state index contributed by atoms with van der Waals surface area (Å²) in [5.74, 6) is 0. The van der Waals surface area contributed by atoms with E-state index >= 15 is 0 Å². The number of pyridine rings is 1. The van der Waals surface area contributed by atoms with Gasteiger partial charge in [0.2, 0.25) is 0 Å². The van der Waals surface area contributed by atoms with Gasteiger partial charge in [-0.3, -0.25) is 0 Å². The second-order valence-electron chi connectivity index (χ2n) is 5.92. The summed E-state index contributed by atoms with van der Waals surface area (Å²) in [6, 6.07) is 6.13. The summed E-state index contributed by atoms with van der Waals surface area (Å²) >= 11 is 0. The van der Waals surface area contributed by atoms with Gasteiger partial charge in [0.1, 0.15) is 14.1 Å². The molecule has 0 amide bonds. The zero-order valence-corrected chi connectivity index (χ0v) is 17.9. The Hall–Kier alpha value is -2.24. The molecule has 1 aromatic carbocycles. The third-order valence-electron chi connectivity index (χ3n) is 3.05. The lowest BCUT2D eigenvalue weighted by Crippen LogP contribution is -2.30. The van der Waals surface area contributed by atoms with Crippen molar-refractivity contribution in [2.75, 3.05) is 33.1 Å². The van der Waals surface area contributed by atoms with E-state index in [4.69, 9.17) is 25.9 Å². The molecule has 0 radical (unpaired) electrons. The molecule has 1 aromatic heterocycles. The molecule has 0 spiro atoms. The quantitative estimate of drug-likeness (QED) is 0.246. The van der Waals surface area contributed by atoms with Crippen molar-refractivity contribution >= 4 is 25.9 Å². The van der Waals surface area contributed by atoms with Crippen molar-refractivity contribution in [1.82, 2.24) is 4.58 Å². The SMILES string of the molecule is CN(C)c1c(-[n+]2ccccc2)c1=[N+](C)C.O=S(=O)([O-])C(F)(F)F.O=S(=O)([O-])C(F)(F)F. The molecule has 0 aliphatic carbocycles. The average Bonchev–Trinajstić information content (AvgIpc) is 3.29. The van der Waals surface area contributed by atoms with Crippen molar-refractivity contribution in [1.29, 1.82) is 0 Å². The highest BCUT2D eigenvalue weighted by Gasteiger charge is 2.38. The monoisotopic (exact) mass is 501 g/mol. The Balaban J connectivity index is 0.000000483. The fourth-order valence-electron chi connectivity index (χ4n) is 1.80. The Labute approximate surface area is 173 Å². The lowest BCUT2D eigenvalue weighted by Gasteiger charge is -2.08. The maximum absolute atomic E-state index is 10.7. The molecule has 0 saturated carbocycles. The van der Waals surface area contributed by atoms with Gasteiger partial charge < -0.3 is 14.0 Å². The minimum absolute atomic E-state index is 1.30. The summed E-state index contributed by atoms with van der Waals surface area (Å²) in [5, 5.41) is 1.32. The van der Waals surface area contributed by atoms with E-state index in [-0.39, 0.29) is 0 Å². The molecule has 2 rings (SSSR count). The van der Waals surface area contributed by atoms with Crippen LogP contribution in [0.15, 0.2) is 30.6 Å². The van der Waals surface area contributed by atoms with E-state index in [0.29, 0.717) is 0 Å². The topological polar surface area (TPSA) is 125 Å². The molecular formula is C14H17F6N3O6S2. The van der Waals surface area contributed by atoms with Gasteiger partial charge in [-0.05, 0) is 0 Å². The average molecular weight is 501 g/mol. The normalized spacial score (nSPS) is 12.4. The van der Waals surface area contributed by atoms with E-state index < -0.39 is 31.3 Å². The molecule has 0 saturated heterocycles. The minimum atomic E-state index is -6.09. The Morgan fingerprint density at radius 2 is 1.16 bits per heavy atom. The van der Waals surface area contributed by atoms with Crippen molar-refractivity contribution in [3.8, 4) is 5.69 Å². The maximum Gasteiger partial charge on any atom is 0.485 e. The molecule has 0 atom stereocenters. The molecular weight excluding hydrogens is 484 g/mol. The van der Waals surface area contributed by atoms with Crippen LogP contribution in [0, 0.1) is 0 Å². The highest BCUT2D eigenvalue weighted by Crippen LogP contribution is 2.21. The zero-order chi connectivity index (χ0) is 25.0. The summed E-state index contributed by atoms with van der Waals surface area (Å²) in [6.07, 6.45) is 4.16. The van der Waals surface area contributed by atoms with Crippen LogP contribution in [0.2, 0.25) is 0 Å². The van der Waals surface area contributed by atoms with Gasteiger partial charge in [-0.25, -0.2) is 21.4 Å². The standard InChI is InChI=1S/C12H17N3.2CHF3O3S/c1-13(2)10-11(14(3)4)12(10)15-8-6-5-7-9-15;2*2-1(3,4)8(5,6)7/h5-9H,1-4H3;2*(H,5,6,7)/q+2;;/p-2. The Kier molecular flexibility index (Phi) is 9.21. The lowest BCUT2D eigenvalue weighted by atomic mass is 10.5. The summed E-state index contributed by atoms with van der Waals surface area (Å²) < 4.78 is 122. The first-order valence-electron chi connectivity index (χ1n) is 7.60. The molecule has 178 valence electrons. The Morgan fingerprint density at radius 3 is 1.35 bits per heavy atom. The number of hydrogen-bond donors (Lipinski definition) is 0. The van der Waals surface area contributed by atoms with E-state index in [2.05, 4.69) is 54.6 Å². The molecule has 1 heterocycles. The largest absolute Gasteiger partial charge is 0.741 e.